The number of hydrogen-bond donors (Lipinski definition) is 1. The van der Waals surface area contributed by atoms with Crippen molar-refractivity contribution in [3.05, 3.63) is 24.0 Å². The molecule has 0 fully saturated rings. The molecule has 14 heavy (non-hydrogen) atoms. The van der Waals surface area contributed by atoms with E-state index in [-0.39, 0.29) is 6.42 Å². The van der Waals surface area contributed by atoms with E-state index in [0.717, 1.165) is 0 Å². The Hall–Kier alpha value is -1.91. The minimum Gasteiger partial charge on any atom is -0.497 e. The van der Waals surface area contributed by atoms with Gasteiger partial charge in [0, 0.05) is 12.3 Å². The molecule has 0 amide bonds. The lowest BCUT2D eigenvalue weighted by atomic mass is 10.2. The number of ether oxygens (including phenoxy) is 1. The predicted molar refractivity (Wildman–Crippen MR) is 47.1 cm³/mol. The van der Waals surface area contributed by atoms with Crippen molar-refractivity contribution < 1.29 is 19.4 Å². The van der Waals surface area contributed by atoms with Crippen LogP contribution in [-0.2, 0) is 16.0 Å². The van der Waals surface area contributed by atoms with Gasteiger partial charge in [0.05, 0.1) is 19.2 Å². The fraction of sp³-hybridized carbons (Fsp3) is 0.222. The Bertz CT molecular complexity index is 362. The monoisotopic (exact) mass is 195 g/mol. The second kappa shape index (κ2) is 4.36. The van der Waals surface area contributed by atoms with E-state index in [2.05, 4.69) is 4.98 Å². The first kappa shape index (κ1) is 10.2. The Morgan fingerprint density at radius 3 is 2.86 bits per heavy atom. The normalized spacial score (nSPS) is 9.50. The molecule has 0 aliphatic rings. The smallest absolute Gasteiger partial charge is 0.372 e. The molecular formula is C9H9NO4. The van der Waals surface area contributed by atoms with Crippen LogP contribution in [0.4, 0.5) is 0 Å². The van der Waals surface area contributed by atoms with Gasteiger partial charge in [-0.15, -0.1) is 0 Å². The maximum Gasteiger partial charge on any atom is 0.372 e. The molecule has 1 heterocycles. The highest BCUT2D eigenvalue weighted by atomic mass is 16.5. The highest BCUT2D eigenvalue weighted by Gasteiger charge is 2.12. The predicted octanol–water partition coefficient (Wildman–Crippen LogP) is 0.286. The van der Waals surface area contributed by atoms with Gasteiger partial charge < -0.3 is 9.84 Å². The number of hydrogen-bond acceptors (Lipinski definition) is 4. The maximum absolute atomic E-state index is 10.8. The second-order valence-corrected chi connectivity index (χ2v) is 2.59. The lowest BCUT2D eigenvalue weighted by molar-refractivity contribution is -0.148. The number of nitrogens with zero attached hydrogens (tertiary/aromatic N) is 1. The Balaban J connectivity index is 2.76. The van der Waals surface area contributed by atoms with Crippen LogP contribution in [0.2, 0.25) is 0 Å². The lowest BCUT2D eigenvalue weighted by Gasteiger charge is -2.00. The molecule has 5 nitrogen and oxygen atoms in total. The van der Waals surface area contributed by atoms with Gasteiger partial charge in [-0.1, -0.05) is 0 Å². The van der Waals surface area contributed by atoms with Crippen molar-refractivity contribution in [2.24, 2.45) is 0 Å². The summed E-state index contributed by atoms with van der Waals surface area (Å²) in [5, 5.41) is 8.36. The number of aliphatic carboxylic acids is 1. The zero-order chi connectivity index (χ0) is 10.6. The first-order chi connectivity index (χ1) is 6.63. The minimum atomic E-state index is -1.45. The largest absolute Gasteiger partial charge is 0.497 e. The summed E-state index contributed by atoms with van der Waals surface area (Å²) in [4.78, 5) is 24.9. The van der Waals surface area contributed by atoms with Crippen molar-refractivity contribution in [3.8, 4) is 5.75 Å². The van der Waals surface area contributed by atoms with E-state index in [0.29, 0.717) is 11.4 Å². The van der Waals surface area contributed by atoms with Crippen molar-refractivity contribution in [1.29, 1.82) is 0 Å². The van der Waals surface area contributed by atoms with Crippen molar-refractivity contribution in [2.75, 3.05) is 7.11 Å². The number of ketones is 1. The molecule has 0 aliphatic heterocycles. The van der Waals surface area contributed by atoms with Crippen molar-refractivity contribution in [1.82, 2.24) is 4.98 Å². The Kier molecular flexibility index (Phi) is 3.17. The van der Waals surface area contributed by atoms with Gasteiger partial charge >= 0.3 is 5.97 Å². The molecule has 74 valence electrons. The van der Waals surface area contributed by atoms with Crippen LogP contribution in [0.3, 0.4) is 0 Å². The summed E-state index contributed by atoms with van der Waals surface area (Å²) < 4.78 is 4.90. The summed E-state index contributed by atoms with van der Waals surface area (Å²) in [6.45, 7) is 0. The molecule has 0 unspecified atom stereocenters. The van der Waals surface area contributed by atoms with E-state index < -0.39 is 11.8 Å². The summed E-state index contributed by atoms with van der Waals surface area (Å²) in [5.41, 5.74) is 0.386. The molecular weight excluding hydrogens is 186 g/mol. The molecule has 0 spiro atoms. The van der Waals surface area contributed by atoms with Crippen LogP contribution < -0.4 is 4.74 Å². The van der Waals surface area contributed by atoms with E-state index in [4.69, 9.17) is 9.84 Å². The first-order valence-electron chi connectivity index (χ1n) is 3.88. The third-order valence-electron chi connectivity index (χ3n) is 1.60. The van der Waals surface area contributed by atoms with Gasteiger partial charge in [0.2, 0.25) is 5.78 Å². The quantitative estimate of drug-likeness (QED) is 0.698. The van der Waals surface area contributed by atoms with E-state index in [9.17, 15) is 9.59 Å². The van der Waals surface area contributed by atoms with Gasteiger partial charge in [0.25, 0.3) is 0 Å². The molecule has 0 bridgehead atoms. The van der Waals surface area contributed by atoms with E-state index >= 15 is 0 Å². The van der Waals surface area contributed by atoms with Crippen LogP contribution >= 0.6 is 0 Å². The summed E-state index contributed by atoms with van der Waals surface area (Å²) >= 11 is 0. The molecule has 0 atom stereocenters. The third kappa shape index (κ3) is 2.55. The van der Waals surface area contributed by atoms with Crippen molar-refractivity contribution in [3.63, 3.8) is 0 Å². The number of rotatable bonds is 4. The van der Waals surface area contributed by atoms with Crippen molar-refractivity contribution in [2.45, 2.75) is 6.42 Å². The van der Waals surface area contributed by atoms with Crippen LogP contribution in [0.25, 0.3) is 0 Å². The molecule has 0 aromatic carbocycles. The lowest BCUT2D eigenvalue weighted by Crippen LogP contribution is -2.15. The molecule has 0 radical (unpaired) electrons. The van der Waals surface area contributed by atoms with Gasteiger partial charge in [0.1, 0.15) is 5.75 Å². The standard InChI is InChI=1S/C9H9NO4/c1-14-7-2-3-10-6(4-7)5-8(11)9(12)13/h2-4H,5H2,1H3,(H,12,13). The number of carboxylic acids is 1. The number of Topliss-reactive ketones (excluding diaryl/α,β-unsaturated/α-hetero) is 1. The molecule has 0 saturated heterocycles. The zero-order valence-electron chi connectivity index (χ0n) is 7.56. The highest BCUT2D eigenvalue weighted by Crippen LogP contribution is 2.10. The number of aromatic nitrogens is 1. The van der Waals surface area contributed by atoms with Crippen LogP contribution in [0.1, 0.15) is 5.69 Å². The average Bonchev–Trinajstić information content (AvgIpc) is 2.18. The van der Waals surface area contributed by atoms with Crippen molar-refractivity contribution >= 4 is 11.8 Å². The second-order valence-electron chi connectivity index (χ2n) is 2.59. The molecule has 1 N–H and O–H groups in total. The fourth-order valence-corrected chi connectivity index (χ4v) is 0.920. The van der Waals surface area contributed by atoms with Gasteiger partial charge in [0.15, 0.2) is 0 Å². The number of methoxy groups -OCH3 is 1. The summed E-state index contributed by atoms with van der Waals surface area (Å²) in [6, 6.07) is 3.15. The molecule has 5 heteroatoms. The maximum atomic E-state index is 10.8. The van der Waals surface area contributed by atoms with Crippen LogP contribution in [0.5, 0.6) is 5.75 Å². The Labute approximate surface area is 80.3 Å². The summed E-state index contributed by atoms with van der Waals surface area (Å²) in [6.07, 6.45) is 1.25. The third-order valence-corrected chi connectivity index (χ3v) is 1.60. The Morgan fingerprint density at radius 1 is 1.57 bits per heavy atom. The topological polar surface area (TPSA) is 76.5 Å². The van der Waals surface area contributed by atoms with Gasteiger partial charge in [-0.3, -0.25) is 9.78 Å². The molecule has 0 aliphatic carbocycles. The van der Waals surface area contributed by atoms with Gasteiger partial charge in [-0.25, -0.2) is 4.79 Å². The highest BCUT2D eigenvalue weighted by molar-refractivity contribution is 6.33. The SMILES string of the molecule is COc1ccnc(CC(=O)C(=O)O)c1. The molecule has 1 rings (SSSR count). The average molecular weight is 195 g/mol. The summed E-state index contributed by atoms with van der Waals surface area (Å²) in [7, 11) is 1.48. The number of pyridine rings is 1. The number of carbonyl (C=O) groups is 2. The van der Waals surface area contributed by atoms with Crippen LogP contribution in [0.15, 0.2) is 18.3 Å². The molecule has 1 aromatic heterocycles. The van der Waals surface area contributed by atoms with E-state index in [1.54, 1.807) is 6.07 Å². The van der Waals surface area contributed by atoms with Crippen LogP contribution in [0, 0.1) is 0 Å². The van der Waals surface area contributed by atoms with Gasteiger partial charge in [-0.2, -0.15) is 0 Å². The molecule has 1 aromatic rings. The minimum absolute atomic E-state index is 0.216. The van der Waals surface area contributed by atoms with E-state index in [1.807, 2.05) is 0 Å². The number of carboxylic acid groups (broad SMARTS) is 1. The summed E-state index contributed by atoms with van der Waals surface area (Å²) in [5.74, 6) is -1.78. The van der Waals surface area contributed by atoms with Gasteiger partial charge in [-0.05, 0) is 6.07 Å². The fourth-order valence-electron chi connectivity index (χ4n) is 0.920. The number of carbonyl (C=O) groups excluding carboxylic acids is 1. The molecule has 0 saturated carbocycles. The Morgan fingerprint density at radius 2 is 2.29 bits per heavy atom. The zero-order valence-corrected chi connectivity index (χ0v) is 7.56. The van der Waals surface area contributed by atoms with Crippen LogP contribution in [-0.4, -0.2) is 29.0 Å². The van der Waals surface area contributed by atoms with E-state index in [1.165, 1.54) is 19.4 Å². The first-order valence-corrected chi connectivity index (χ1v) is 3.88.